The molecule has 0 saturated heterocycles. The molecule has 2 aromatic rings. The van der Waals surface area contributed by atoms with E-state index in [0.717, 1.165) is 17.5 Å². The molecule has 9 nitrogen and oxygen atoms in total. The maximum absolute atomic E-state index is 13.5. The van der Waals surface area contributed by atoms with E-state index in [1.54, 1.807) is 23.1 Å². The number of methoxy groups -OCH3 is 1. The first-order valence-electron chi connectivity index (χ1n) is 13.4. The highest BCUT2D eigenvalue weighted by molar-refractivity contribution is 5.96. The quantitative estimate of drug-likeness (QED) is 0.346. The standard InChI is InChI=1S/C30H38N2O7/c1-4-5-6-25(35)32(16-19-9-7-18(2)8-10-19)23-15-22(30(37)31-11-12-33)26-21-13-20(17-34)14-24(38-3)28(21)39-29(26)27(23)36/h7-10,13-15,23,26-27,29,33-34,36H,4-6,11-12,16-17H2,1-3H3,(H,31,37). The van der Waals surface area contributed by atoms with Gasteiger partial charge in [-0.25, -0.2) is 0 Å². The third-order valence-electron chi connectivity index (χ3n) is 7.39. The van der Waals surface area contributed by atoms with Crippen molar-refractivity contribution in [1.29, 1.82) is 0 Å². The molecular weight excluding hydrogens is 500 g/mol. The molecule has 0 bridgehead atoms. The molecule has 1 heterocycles. The Morgan fingerprint density at radius 3 is 2.51 bits per heavy atom. The van der Waals surface area contributed by atoms with Crippen molar-refractivity contribution >= 4 is 11.8 Å². The Hall–Kier alpha value is -3.40. The third kappa shape index (κ3) is 5.95. The van der Waals surface area contributed by atoms with Gasteiger partial charge < -0.3 is 35.0 Å². The highest BCUT2D eigenvalue weighted by Crippen LogP contribution is 2.51. The Labute approximate surface area is 229 Å². The Morgan fingerprint density at radius 1 is 1.13 bits per heavy atom. The first kappa shape index (κ1) is 28.6. The van der Waals surface area contributed by atoms with Gasteiger partial charge in [0.2, 0.25) is 11.8 Å². The average molecular weight is 539 g/mol. The fraction of sp³-hybridized carbons (Fsp3) is 0.467. The van der Waals surface area contributed by atoms with Crippen LogP contribution < -0.4 is 14.8 Å². The van der Waals surface area contributed by atoms with Crippen molar-refractivity contribution in [2.45, 2.75) is 70.4 Å². The van der Waals surface area contributed by atoms with Gasteiger partial charge in [-0.15, -0.1) is 0 Å². The Morgan fingerprint density at radius 2 is 1.87 bits per heavy atom. The Bertz CT molecular complexity index is 1210. The van der Waals surface area contributed by atoms with Crippen LogP contribution in [-0.4, -0.2) is 70.5 Å². The summed E-state index contributed by atoms with van der Waals surface area (Å²) in [5, 5.41) is 33.6. The number of unbranched alkanes of at least 4 members (excludes halogenated alkanes) is 1. The van der Waals surface area contributed by atoms with Gasteiger partial charge in [-0.05, 0) is 42.7 Å². The number of nitrogens with one attached hydrogen (secondary N) is 1. The summed E-state index contributed by atoms with van der Waals surface area (Å²) >= 11 is 0. The minimum Gasteiger partial charge on any atom is -0.493 e. The number of carbonyl (C=O) groups excluding carboxylic acids is 2. The van der Waals surface area contributed by atoms with Gasteiger partial charge in [0, 0.05) is 30.6 Å². The molecule has 2 aliphatic rings. The maximum atomic E-state index is 13.5. The van der Waals surface area contributed by atoms with Crippen molar-refractivity contribution in [3.8, 4) is 11.5 Å². The van der Waals surface area contributed by atoms with Gasteiger partial charge in [0.25, 0.3) is 0 Å². The first-order chi connectivity index (χ1) is 18.8. The van der Waals surface area contributed by atoms with Gasteiger partial charge in [0.05, 0.1) is 32.3 Å². The smallest absolute Gasteiger partial charge is 0.247 e. The van der Waals surface area contributed by atoms with E-state index in [4.69, 9.17) is 9.47 Å². The minimum absolute atomic E-state index is 0.0526. The van der Waals surface area contributed by atoms with Crippen LogP contribution >= 0.6 is 0 Å². The summed E-state index contributed by atoms with van der Waals surface area (Å²) in [5.41, 5.74) is 3.53. The molecule has 4 atom stereocenters. The van der Waals surface area contributed by atoms with Gasteiger partial charge in [-0.1, -0.05) is 43.2 Å². The van der Waals surface area contributed by atoms with Crippen molar-refractivity contribution in [2.75, 3.05) is 20.3 Å². The van der Waals surface area contributed by atoms with Gasteiger partial charge in [0.15, 0.2) is 11.5 Å². The van der Waals surface area contributed by atoms with Crippen LogP contribution in [0.2, 0.25) is 0 Å². The number of amides is 2. The van der Waals surface area contributed by atoms with Crippen molar-refractivity contribution < 1.29 is 34.4 Å². The fourth-order valence-electron chi connectivity index (χ4n) is 5.34. The summed E-state index contributed by atoms with van der Waals surface area (Å²) in [5.74, 6) is -0.413. The third-order valence-corrected chi connectivity index (χ3v) is 7.39. The van der Waals surface area contributed by atoms with E-state index in [1.807, 2.05) is 38.1 Å². The first-order valence-corrected chi connectivity index (χ1v) is 13.4. The van der Waals surface area contributed by atoms with Crippen molar-refractivity contribution in [3.63, 3.8) is 0 Å². The van der Waals surface area contributed by atoms with Gasteiger partial charge in [-0.2, -0.15) is 0 Å². The lowest BCUT2D eigenvalue weighted by molar-refractivity contribution is -0.138. The summed E-state index contributed by atoms with van der Waals surface area (Å²) in [6.45, 7) is 3.84. The summed E-state index contributed by atoms with van der Waals surface area (Å²) in [6.07, 6.45) is 1.51. The topological polar surface area (TPSA) is 129 Å². The number of aryl methyl sites for hydroxylation is 1. The van der Waals surface area contributed by atoms with Crippen LogP contribution in [-0.2, 0) is 22.7 Å². The van der Waals surface area contributed by atoms with E-state index in [1.165, 1.54) is 7.11 Å². The predicted molar refractivity (Wildman–Crippen MR) is 145 cm³/mol. The molecule has 0 saturated carbocycles. The van der Waals surface area contributed by atoms with Gasteiger partial charge >= 0.3 is 0 Å². The average Bonchev–Trinajstić information content (AvgIpc) is 3.34. The molecule has 39 heavy (non-hydrogen) atoms. The lowest BCUT2D eigenvalue weighted by atomic mass is 9.77. The van der Waals surface area contributed by atoms with E-state index >= 15 is 0 Å². The van der Waals surface area contributed by atoms with Gasteiger partial charge in [-0.3, -0.25) is 9.59 Å². The number of aliphatic hydroxyl groups excluding tert-OH is 3. The molecule has 2 amide bonds. The van der Waals surface area contributed by atoms with Crippen LogP contribution in [0.25, 0.3) is 0 Å². The molecule has 210 valence electrons. The zero-order chi connectivity index (χ0) is 28.1. The molecule has 4 rings (SSSR count). The van der Waals surface area contributed by atoms with Crippen LogP contribution in [0, 0.1) is 6.92 Å². The highest BCUT2D eigenvalue weighted by atomic mass is 16.5. The van der Waals surface area contributed by atoms with E-state index in [0.29, 0.717) is 41.0 Å². The Balaban J connectivity index is 1.80. The van der Waals surface area contributed by atoms with Crippen molar-refractivity contribution in [2.24, 2.45) is 0 Å². The SMILES string of the molecule is CCCCC(=O)N(Cc1ccc(C)cc1)C1C=C(C(=O)NCCO)C2c3cc(CO)cc(OC)c3OC2C1O. The summed E-state index contributed by atoms with van der Waals surface area (Å²) in [6, 6.07) is 10.4. The molecule has 0 aromatic heterocycles. The van der Waals surface area contributed by atoms with E-state index in [2.05, 4.69) is 5.32 Å². The number of fused-ring (bicyclic) bond motifs is 3. The molecule has 1 aliphatic heterocycles. The molecule has 0 radical (unpaired) electrons. The van der Waals surface area contributed by atoms with Crippen LogP contribution in [0.3, 0.4) is 0 Å². The van der Waals surface area contributed by atoms with Crippen LogP contribution in [0.4, 0.5) is 0 Å². The summed E-state index contributed by atoms with van der Waals surface area (Å²) in [7, 11) is 1.49. The number of aliphatic hydroxyl groups is 3. The fourth-order valence-corrected chi connectivity index (χ4v) is 5.34. The maximum Gasteiger partial charge on any atom is 0.247 e. The highest BCUT2D eigenvalue weighted by Gasteiger charge is 2.51. The second-order valence-electron chi connectivity index (χ2n) is 10.1. The minimum atomic E-state index is -1.14. The molecule has 1 aliphatic carbocycles. The number of carbonyl (C=O) groups is 2. The van der Waals surface area contributed by atoms with E-state index < -0.39 is 30.1 Å². The Kier molecular flexibility index (Phi) is 9.27. The molecule has 0 spiro atoms. The largest absolute Gasteiger partial charge is 0.493 e. The number of hydrogen-bond acceptors (Lipinski definition) is 7. The normalized spacial score (nSPS) is 21.3. The predicted octanol–water partition coefficient (Wildman–Crippen LogP) is 2.34. The lowest BCUT2D eigenvalue weighted by Crippen LogP contribution is -2.55. The zero-order valence-electron chi connectivity index (χ0n) is 22.7. The monoisotopic (exact) mass is 538 g/mol. The number of benzene rings is 2. The van der Waals surface area contributed by atoms with E-state index in [9.17, 15) is 24.9 Å². The molecule has 9 heteroatoms. The van der Waals surface area contributed by atoms with Crippen LogP contribution in [0.5, 0.6) is 11.5 Å². The second kappa shape index (κ2) is 12.6. The molecule has 4 N–H and O–H groups in total. The van der Waals surface area contributed by atoms with Gasteiger partial charge in [0.1, 0.15) is 12.2 Å². The number of ether oxygens (including phenoxy) is 2. The zero-order valence-corrected chi connectivity index (χ0v) is 22.7. The molecule has 4 unspecified atom stereocenters. The molecule has 2 aromatic carbocycles. The van der Waals surface area contributed by atoms with Crippen molar-refractivity contribution in [1.82, 2.24) is 10.2 Å². The number of hydrogen-bond donors (Lipinski definition) is 4. The summed E-state index contributed by atoms with van der Waals surface area (Å²) < 4.78 is 11.8. The summed E-state index contributed by atoms with van der Waals surface area (Å²) in [4.78, 5) is 28.6. The second-order valence-corrected chi connectivity index (χ2v) is 10.1. The van der Waals surface area contributed by atoms with Crippen molar-refractivity contribution in [3.05, 3.63) is 70.3 Å². The van der Waals surface area contributed by atoms with Crippen LogP contribution in [0.15, 0.2) is 48.0 Å². The number of rotatable bonds is 11. The van der Waals surface area contributed by atoms with E-state index in [-0.39, 0.29) is 32.2 Å². The van der Waals surface area contributed by atoms with Crippen LogP contribution in [0.1, 0.15) is 54.4 Å². The lowest BCUT2D eigenvalue weighted by Gasteiger charge is -2.41. The molecular formula is C30H38N2O7. The number of nitrogens with zero attached hydrogens (tertiary/aromatic N) is 1. The molecule has 0 fully saturated rings.